The van der Waals surface area contributed by atoms with Gasteiger partial charge in [0.25, 0.3) is 0 Å². The number of hydrogen-bond donors (Lipinski definition) is 0. The van der Waals surface area contributed by atoms with Crippen LogP contribution in [0.2, 0.25) is 0 Å². The Bertz CT molecular complexity index is 614. The van der Waals surface area contributed by atoms with Crippen LogP contribution in [0.5, 0.6) is 5.75 Å². The summed E-state index contributed by atoms with van der Waals surface area (Å²) in [7, 11) is 0. The number of rotatable bonds is 4. The fourth-order valence-electron chi connectivity index (χ4n) is 1.53. The van der Waals surface area contributed by atoms with E-state index in [1.54, 1.807) is 12.1 Å². The Hall–Kier alpha value is -1.75. The van der Waals surface area contributed by atoms with Gasteiger partial charge in [-0.15, -0.1) is 0 Å². The smallest absolute Gasteiger partial charge is 0.153 e. The largest absolute Gasteiger partial charge is 0.488 e. The first-order valence-electron chi connectivity index (χ1n) is 5.41. The van der Waals surface area contributed by atoms with Crippen molar-refractivity contribution >= 4 is 22.2 Å². The fraction of sp³-hybridized carbons (Fsp3) is 0.0714. The van der Waals surface area contributed by atoms with Gasteiger partial charge in [0.05, 0.1) is 10.0 Å². The van der Waals surface area contributed by atoms with E-state index in [1.165, 1.54) is 18.2 Å². The second-order valence-corrected chi connectivity index (χ2v) is 4.69. The van der Waals surface area contributed by atoms with Gasteiger partial charge in [-0.3, -0.25) is 4.79 Å². The summed E-state index contributed by atoms with van der Waals surface area (Å²) < 4.78 is 31.7. The van der Waals surface area contributed by atoms with Gasteiger partial charge in [0.2, 0.25) is 0 Å². The first-order valence-corrected chi connectivity index (χ1v) is 6.21. The first kappa shape index (κ1) is 13.7. The van der Waals surface area contributed by atoms with E-state index in [0.717, 1.165) is 11.6 Å². The molecule has 0 atom stereocenters. The molecule has 2 nitrogen and oxygen atoms in total. The highest BCUT2D eigenvalue weighted by atomic mass is 79.9. The van der Waals surface area contributed by atoms with Crippen molar-refractivity contribution in [2.24, 2.45) is 0 Å². The molecule has 2 aromatic rings. The van der Waals surface area contributed by atoms with E-state index in [2.05, 4.69) is 15.9 Å². The molecule has 2 aromatic carbocycles. The zero-order valence-corrected chi connectivity index (χ0v) is 11.3. The van der Waals surface area contributed by atoms with Gasteiger partial charge in [-0.25, -0.2) is 8.78 Å². The molecule has 0 amide bonds. The second kappa shape index (κ2) is 5.93. The molecule has 0 saturated carbocycles. The third-order valence-corrected chi connectivity index (χ3v) is 3.08. The summed E-state index contributed by atoms with van der Waals surface area (Å²) in [6.45, 7) is 0.158. The summed E-state index contributed by atoms with van der Waals surface area (Å²) in [4.78, 5) is 10.8. The lowest BCUT2D eigenvalue weighted by atomic mass is 10.2. The van der Waals surface area contributed by atoms with E-state index in [1.807, 2.05) is 0 Å². The monoisotopic (exact) mass is 326 g/mol. The zero-order chi connectivity index (χ0) is 13.8. The van der Waals surface area contributed by atoms with Crippen LogP contribution >= 0.6 is 15.9 Å². The number of carbonyl (C=O) groups is 1. The molecule has 0 spiro atoms. The van der Waals surface area contributed by atoms with Crippen LogP contribution in [0.1, 0.15) is 15.9 Å². The van der Waals surface area contributed by atoms with Gasteiger partial charge < -0.3 is 4.74 Å². The SMILES string of the molecule is O=Cc1cc(F)ccc1OCc1ccc(F)c(Br)c1. The van der Waals surface area contributed by atoms with E-state index < -0.39 is 5.82 Å². The van der Waals surface area contributed by atoms with Crippen LogP contribution in [-0.2, 0) is 6.61 Å². The molecule has 0 fully saturated rings. The molecule has 0 unspecified atom stereocenters. The van der Waals surface area contributed by atoms with Crippen LogP contribution in [0.3, 0.4) is 0 Å². The van der Waals surface area contributed by atoms with E-state index in [0.29, 0.717) is 10.8 Å². The fourth-order valence-corrected chi connectivity index (χ4v) is 1.96. The molecule has 0 radical (unpaired) electrons. The Labute approximate surface area is 117 Å². The maximum absolute atomic E-state index is 13.0. The van der Waals surface area contributed by atoms with Gasteiger partial charge >= 0.3 is 0 Å². The molecule has 0 aliphatic rings. The molecule has 2 rings (SSSR count). The highest BCUT2D eigenvalue weighted by molar-refractivity contribution is 9.10. The predicted octanol–water partition coefficient (Wildman–Crippen LogP) is 4.12. The van der Waals surface area contributed by atoms with Crippen LogP contribution in [-0.4, -0.2) is 6.29 Å². The van der Waals surface area contributed by atoms with E-state index in [4.69, 9.17) is 4.74 Å². The topological polar surface area (TPSA) is 26.3 Å². The lowest BCUT2D eigenvalue weighted by molar-refractivity contribution is 0.111. The molecule has 0 bridgehead atoms. The summed E-state index contributed by atoms with van der Waals surface area (Å²) in [6.07, 6.45) is 0.527. The number of carbonyl (C=O) groups excluding carboxylic acids is 1. The lowest BCUT2D eigenvalue weighted by Gasteiger charge is -2.09. The maximum Gasteiger partial charge on any atom is 0.153 e. The highest BCUT2D eigenvalue weighted by Gasteiger charge is 2.06. The van der Waals surface area contributed by atoms with Gasteiger partial charge in [0, 0.05) is 0 Å². The summed E-state index contributed by atoms with van der Waals surface area (Å²) in [6, 6.07) is 8.17. The lowest BCUT2D eigenvalue weighted by Crippen LogP contribution is -1.99. The minimum Gasteiger partial charge on any atom is -0.488 e. The summed E-state index contributed by atoms with van der Waals surface area (Å²) in [5, 5.41) is 0. The van der Waals surface area contributed by atoms with Crippen LogP contribution < -0.4 is 4.74 Å². The molecule has 0 aliphatic heterocycles. The van der Waals surface area contributed by atoms with Gasteiger partial charge in [-0.05, 0) is 51.8 Å². The standard InChI is InChI=1S/C14H9BrF2O2/c15-12-5-9(1-3-13(12)17)8-19-14-4-2-11(16)6-10(14)7-18/h1-7H,8H2. The maximum atomic E-state index is 13.0. The minimum absolute atomic E-state index is 0.140. The Morgan fingerprint density at radius 1 is 1.16 bits per heavy atom. The third-order valence-electron chi connectivity index (χ3n) is 2.48. The third kappa shape index (κ3) is 3.38. The van der Waals surface area contributed by atoms with Crippen molar-refractivity contribution in [2.75, 3.05) is 0 Å². The molecular formula is C14H9BrF2O2. The Kier molecular flexibility index (Phi) is 4.27. The molecule has 0 aliphatic carbocycles. The second-order valence-electron chi connectivity index (χ2n) is 3.84. The Morgan fingerprint density at radius 3 is 2.63 bits per heavy atom. The van der Waals surface area contributed by atoms with E-state index in [-0.39, 0.29) is 23.7 Å². The summed E-state index contributed by atoms with van der Waals surface area (Å²) >= 11 is 3.07. The summed E-state index contributed by atoms with van der Waals surface area (Å²) in [5.41, 5.74) is 0.871. The summed E-state index contributed by atoms with van der Waals surface area (Å²) in [5.74, 6) is -0.574. The molecule has 0 aromatic heterocycles. The molecule has 0 N–H and O–H groups in total. The average molecular weight is 327 g/mol. The molecule has 0 saturated heterocycles. The van der Waals surface area contributed by atoms with Gasteiger partial charge in [-0.1, -0.05) is 6.07 Å². The molecular weight excluding hydrogens is 318 g/mol. The van der Waals surface area contributed by atoms with Crippen LogP contribution in [0, 0.1) is 11.6 Å². The van der Waals surface area contributed by atoms with Gasteiger partial charge in [-0.2, -0.15) is 0 Å². The molecule has 98 valence electrons. The number of hydrogen-bond acceptors (Lipinski definition) is 2. The van der Waals surface area contributed by atoms with Crippen molar-refractivity contribution in [3.05, 3.63) is 63.6 Å². The van der Waals surface area contributed by atoms with Crippen molar-refractivity contribution in [1.29, 1.82) is 0 Å². The van der Waals surface area contributed by atoms with E-state index in [9.17, 15) is 13.6 Å². The van der Waals surface area contributed by atoms with E-state index >= 15 is 0 Å². The molecule has 5 heteroatoms. The number of halogens is 3. The highest BCUT2D eigenvalue weighted by Crippen LogP contribution is 2.21. The zero-order valence-electron chi connectivity index (χ0n) is 9.70. The Balaban J connectivity index is 2.14. The van der Waals surface area contributed by atoms with Gasteiger partial charge in [0.1, 0.15) is 24.0 Å². The van der Waals surface area contributed by atoms with Crippen LogP contribution in [0.4, 0.5) is 8.78 Å². The van der Waals surface area contributed by atoms with Crippen molar-refractivity contribution in [2.45, 2.75) is 6.61 Å². The predicted molar refractivity (Wildman–Crippen MR) is 70.2 cm³/mol. The quantitative estimate of drug-likeness (QED) is 0.790. The molecule has 19 heavy (non-hydrogen) atoms. The van der Waals surface area contributed by atoms with Crippen molar-refractivity contribution in [3.63, 3.8) is 0 Å². The number of aldehydes is 1. The number of ether oxygens (including phenoxy) is 1. The van der Waals surface area contributed by atoms with Crippen LogP contribution in [0.25, 0.3) is 0 Å². The first-order chi connectivity index (χ1) is 9.10. The minimum atomic E-state index is -0.501. The van der Waals surface area contributed by atoms with Crippen molar-refractivity contribution in [1.82, 2.24) is 0 Å². The average Bonchev–Trinajstić information content (AvgIpc) is 2.41. The van der Waals surface area contributed by atoms with Crippen molar-refractivity contribution in [3.8, 4) is 5.75 Å². The normalized spacial score (nSPS) is 10.3. The van der Waals surface area contributed by atoms with Gasteiger partial charge in [0.15, 0.2) is 6.29 Å². The van der Waals surface area contributed by atoms with Crippen LogP contribution in [0.15, 0.2) is 40.9 Å². The Morgan fingerprint density at radius 2 is 1.95 bits per heavy atom. The van der Waals surface area contributed by atoms with Crippen molar-refractivity contribution < 1.29 is 18.3 Å². The molecule has 0 heterocycles. The number of benzene rings is 2.